The Balaban J connectivity index is 1.68. The molecule has 0 atom stereocenters. The monoisotopic (exact) mass is 425 g/mol. The van der Waals surface area contributed by atoms with E-state index in [2.05, 4.69) is 15.3 Å². The number of hydrogen-bond acceptors (Lipinski definition) is 4. The van der Waals surface area contributed by atoms with Gasteiger partial charge >= 0.3 is 0 Å². The third-order valence-corrected chi connectivity index (χ3v) is 4.48. The van der Waals surface area contributed by atoms with Crippen LogP contribution in [-0.2, 0) is 0 Å². The summed E-state index contributed by atoms with van der Waals surface area (Å²) in [6.07, 6.45) is 2.80. The predicted octanol–water partition coefficient (Wildman–Crippen LogP) is 4.67. The molecule has 3 aromatic carbocycles. The molecule has 1 amide bonds. The van der Waals surface area contributed by atoms with E-state index in [4.69, 9.17) is 0 Å². The van der Waals surface area contributed by atoms with Crippen LogP contribution in [0, 0.1) is 23.3 Å². The molecule has 0 spiro atoms. The molecule has 0 saturated carbocycles. The maximum Gasteiger partial charge on any atom is 0.255 e. The Bertz CT molecular complexity index is 1360. The van der Waals surface area contributed by atoms with E-state index in [1.807, 2.05) is 0 Å². The van der Waals surface area contributed by atoms with E-state index >= 15 is 0 Å². The number of halogens is 4. The van der Waals surface area contributed by atoms with Crippen molar-refractivity contribution in [2.45, 2.75) is 0 Å². The number of benzene rings is 3. The molecule has 0 aliphatic rings. The van der Waals surface area contributed by atoms with Gasteiger partial charge in [0.1, 0.15) is 12.1 Å². The summed E-state index contributed by atoms with van der Waals surface area (Å²) in [6, 6.07) is 8.08. The largest absolute Gasteiger partial charge is 0.319 e. The fourth-order valence-electron chi connectivity index (χ4n) is 2.96. The standard InChI is InChI=1S/C22H11F4N3O2/c23-14-7-15(21(30)11-2-4-18-13(5-11)9-27-10-28-18)20(26)19(8-14)29-22(31)12-1-3-16(24)17(25)6-12/h1-10H,(H,29,31). The molecule has 0 radical (unpaired) electrons. The van der Waals surface area contributed by atoms with Crippen LogP contribution in [0.2, 0.25) is 0 Å². The van der Waals surface area contributed by atoms with Gasteiger partial charge in [-0.05, 0) is 42.5 Å². The van der Waals surface area contributed by atoms with Gasteiger partial charge in [-0.15, -0.1) is 0 Å². The van der Waals surface area contributed by atoms with Gasteiger partial charge in [0.2, 0.25) is 0 Å². The summed E-state index contributed by atoms with van der Waals surface area (Å²) in [5.74, 6) is -6.43. The first kappa shape index (κ1) is 20.1. The third kappa shape index (κ3) is 3.97. The van der Waals surface area contributed by atoms with Crippen LogP contribution >= 0.6 is 0 Å². The van der Waals surface area contributed by atoms with Gasteiger partial charge < -0.3 is 5.32 Å². The van der Waals surface area contributed by atoms with Gasteiger partial charge in [0.05, 0.1) is 16.8 Å². The van der Waals surface area contributed by atoms with Crippen LogP contribution in [0.1, 0.15) is 26.3 Å². The van der Waals surface area contributed by atoms with Crippen LogP contribution in [0.25, 0.3) is 10.9 Å². The van der Waals surface area contributed by atoms with Crippen molar-refractivity contribution in [2.75, 3.05) is 5.32 Å². The molecule has 1 heterocycles. The second kappa shape index (κ2) is 7.94. The molecule has 0 aliphatic carbocycles. The number of nitrogens with zero attached hydrogens (tertiary/aromatic N) is 2. The number of amides is 1. The Morgan fingerprint density at radius 1 is 0.839 bits per heavy atom. The highest BCUT2D eigenvalue weighted by atomic mass is 19.2. The smallest absolute Gasteiger partial charge is 0.255 e. The molecular weight excluding hydrogens is 414 g/mol. The zero-order valence-corrected chi connectivity index (χ0v) is 15.5. The Kier molecular flexibility index (Phi) is 5.16. The van der Waals surface area contributed by atoms with Crippen LogP contribution in [0.4, 0.5) is 23.2 Å². The van der Waals surface area contributed by atoms with Crippen molar-refractivity contribution >= 4 is 28.3 Å². The number of nitrogens with one attached hydrogen (secondary N) is 1. The van der Waals surface area contributed by atoms with Gasteiger partial charge in [0.25, 0.3) is 5.91 Å². The van der Waals surface area contributed by atoms with Crippen molar-refractivity contribution < 1.29 is 27.2 Å². The highest BCUT2D eigenvalue weighted by Crippen LogP contribution is 2.25. The van der Waals surface area contributed by atoms with E-state index in [9.17, 15) is 27.2 Å². The lowest BCUT2D eigenvalue weighted by atomic mass is 10.0. The molecule has 31 heavy (non-hydrogen) atoms. The zero-order chi connectivity index (χ0) is 22.1. The number of fused-ring (bicyclic) bond motifs is 1. The lowest BCUT2D eigenvalue weighted by Crippen LogP contribution is -2.16. The summed E-state index contributed by atoms with van der Waals surface area (Å²) < 4.78 is 55.5. The van der Waals surface area contributed by atoms with Crippen LogP contribution in [0.5, 0.6) is 0 Å². The van der Waals surface area contributed by atoms with Crippen LogP contribution in [-0.4, -0.2) is 21.7 Å². The summed E-state index contributed by atoms with van der Waals surface area (Å²) >= 11 is 0. The predicted molar refractivity (Wildman–Crippen MR) is 104 cm³/mol. The Hall–Kier alpha value is -4.14. The molecule has 0 aliphatic heterocycles. The molecule has 0 saturated heterocycles. The van der Waals surface area contributed by atoms with E-state index in [1.54, 1.807) is 0 Å². The lowest BCUT2D eigenvalue weighted by Gasteiger charge is -2.11. The van der Waals surface area contributed by atoms with E-state index < -0.39 is 46.2 Å². The fraction of sp³-hybridized carbons (Fsp3) is 0. The Morgan fingerprint density at radius 2 is 1.61 bits per heavy atom. The van der Waals surface area contributed by atoms with Gasteiger partial charge in [0, 0.05) is 28.8 Å². The minimum atomic E-state index is -1.27. The first-order valence-corrected chi connectivity index (χ1v) is 8.83. The van der Waals surface area contributed by atoms with Crippen LogP contribution in [0.15, 0.2) is 61.1 Å². The molecule has 0 unspecified atom stereocenters. The van der Waals surface area contributed by atoms with Crippen molar-refractivity contribution in [3.63, 3.8) is 0 Å². The first-order valence-electron chi connectivity index (χ1n) is 8.83. The van der Waals surface area contributed by atoms with E-state index in [0.29, 0.717) is 29.1 Å². The average molecular weight is 425 g/mol. The maximum absolute atomic E-state index is 15.0. The third-order valence-electron chi connectivity index (χ3n) is 4.48. The highest BCUT2D eigenvalue weighted by molar-refractivity contribution is 6.12. The first-order chi connectivity index (χ1) is 14.8. The Morgan fingerprint density at radius 3 is 2.39 bits per heavy atom. The fourth-order valence-corrected chi connectivity index (χ4v) is 2.96. The number of anilines is 1. The summed E-state index contributed by atoms with van der Waals surface area (Å²) in [5.41, 5.74) is -0.931. The number of ketones is 1. The molecule has 4 aromatic rings. The van der Waals surface area contributed by atoms with Gasteiger partial charge in [0.15, 0.2) is 23.2 Å². The van der Waals surface area contributed by atoms with Crippen LogP contribution < -0.4 is 5.32 Å². The summed E-state index contributed by atoms with van der Waals surface area (Å²) in [4.78, 5) is 32.9. The minimum Gasteiger partial charge on any atom is -0.319 e. The quantitative estimate of drug-likeness (QED) is 0.381. The summed E-state index contributed by atoms with van der Waals surface area (Å²) in [6.45, 7) is 0. The number of carbonyl (C=O) groups excluding carboxylic acids is 2. The highest BCUT2D eigenvalue weighted by Gasteiger charge is 2.21. The molecular formula is C22H11F4N3O2. The number of rotatable bonds is 4. The maximum atomic E-state index is 15.0. The number of aromatic nitrogens is 2. The molecule has 1 N–H and O–H groups in total. The summed E-state index contributed by atoms with van der Waals surface area (Å²) in [7, 11) is 0. The van der Waals surface area contributed by atoms with Crippen molar-refractivity contribution in [2.24, 2.45) is 0 Å². The second-order valence-corrected chi connectivity index (χ2v) is 6.52. The number of carbonyl (C=O) groups is 2. The van der Waals surface area contributed by atoms with E-state index in [-0.39, 0.29) is 11.1 Å². The Labute approximate surface area is 172 Å². The average Bonchev–Trinajstić information content (AvgIpc) is 2.77. The summed E-state index contributed by atoms with van der Waals surface area (Å²) in [5, 5.41) is 2.60. The van der Waals surface area contributed by atoms with Gasteiger partial charge in [-0.1, -0.05) is 0 Å². The van der Waals surface area contributed by atoms with Crippen molar-refractivity contribution in [1.29, 1.82) is 0 Å². The molecule has 5 nitrogen and oxygen atoms in total. The molecule has 0 bridgehead atoms. The molecule has 0 fully saturated rings. The van der Waals surface area contributed by atoms with Crippen molar-refractivity contribution in [3.05, 3.63) is 101 Å². The SMILES string of the molecule is O=C(Nc1cc(F)cc(C(=O)c2ccc3ncncc3c2)c1F)c1ccc(F)c(F)c1. The van der Waals surface area contributed by atoms with Gasteiger partial charge in [-0.25, -0.2) is 27.5 Å². The molecule has 154 valence electrons. The van der Waals surface area contributed by atoms with Crippen molar-refractivity contribution in [3.8, 4) is 0 Å². The number of hydrogen-bond donors (Lipinski definition) is 1. The lowest BCUT2D eigenvalue weighted by molar-refractivity contribution is 0.101. The van der Waals surface area contributed by atoms with E-state index in [1.165, 1.54) is 30.7 Å². The normalized spacial score (nSPS) is 10.8. The topological polar surface area (TPSA) is 72.0 Å². The minimum absolute atomic E-state index is 0.0599. The van der Waals surface area contributed by atoms with E-state index in [0.717, 1.165) is 12.1 Å². The van der Waals surface area contributed by atoms with Crippen LogP contribution in [0.3, 0.4) is 0 Å². The van der Waals surface area contributed by atoms with Gasteiger partial charge in [-0.2, -0.15) is 0 Å². The zero-order valence-electron chi connectivity index (χ0n) is 15.5. The van der Waals surface area contributed by atoms with Crippen molar-refractivity contribution in [1.82, 2.24) is 9.97 Å². The van der Waals surface area contributed by atoms with Gasteiger partial charge in [-0.3, -0.25) is 9.59 Å². The second-order valence-electron chi connectivity index (χ2n) is 6.52. The molecule has 9 heteroatoms. The molecule has 1 aromatic heterocycles. The molecule has 4 rings (SSSR count).